The Morgan fingerprint density at radius 3 is 2.50 bits per heavy atom. The third-order valence-corrected chi connectivity index (χ3v) is 5.53. The van der Waals surface area contributed by atoms with Crippen LogP contribution in [0.1, 0.15) is 36.0 Å². The predicted molar refractivity (Wildman–Crippen MR) is 83.1 cm³/mol. The first-order chi connectivity index (χ1) is 10.5. The van der Waals surface area contributed by atoms with Crippen LogP contribution in [0.3, 0.4) is 0 Å². The first kappa shape index (κ1) is 15.5. The van der Waals surface area contributed by atoms with Gasteiger partial charge in [-0.1, -0.05) is 0 Å². The molecule has 0 aromatic heterocycles. The fourth-order valence-corrected chi connectivity index (χ4v) is 3.83. The van der Waals surface area contributed by atoms with Crippen molar-refractivity contribution < 1.29 is 13.2 Å². The Hall–Kier alpha value is -1.44. The van der Waals surface area contributed by atoms with Crippen molar-refractivity contribution in [3.63, 3.8) is 0 Å². The van der Waals surface area contributed by atoms with Gasteiger partial charge in [-0.3, -0.25) is 4.79 Å². The highest BCUT2D eigenvalue weighted by molar-refractivity contribution is 7.89. The molecule has 120 valence electrons. The summed E-state index contributed by atoms with van der Waals surface area (Å²) in [5.74, 6) is -0.173. The molecule has 0 spiro atoms. The number of nitrogens with one attached hydrogen (secondary N) is 3. The van der Waals surface area contributed by atoms with E-state index in [0.717, 1.165) is 32.2 Å². The van der Waals surface area contributed by atoms with Gasteiger partial charge in [-0.05, 0) is 56.5 Å². The molecule has 1 aromatic rings. The van der Waals surface area contributed by atoms with Gasteiger partial charge >= 0.3 is 0 Å². The van der Waals surface area contributed by atoms with Crippen LogP contribution in [0.2, 0.25) is 0 Å². The van der Waals surface area contributed by atoms with E-state index in [-0.39, 0.29) is 16.8 Å². The van der Waals surface area contributed by atoms with E-state index in [0.29, 0.717) is 18.2 Å². The fraction of sp³-hybridized carbons (Fsp3) is 0.533. The summed E-state index contributed by atoms with van der Waals surface area (Å²) >= 11 is 0. The summed E-state index contributed by atoms with van der Waals surface area (Å²) in [5.41, 5.74) is 0.475. The Morgan fingerprint density at radius 2 is 1.91 bits per heavy atom. The van der Waals surface area contributed by atoms with Crippen LogP contribution in [-0.2, 0) is 10.0 Å². The number of sulfonamides is 1. The molecule has 1 atom stereocenters. The van der Waals surface area contributed by atoms with E-state index < -0.39 is 10.0 Å². The minimum absolute atomic E-state index is 0.0758. The summed E-state index contributed by atoms with van der Waals surface area (Å²) in [5, 5.41) is 6.19. The van der Waals surface area contributed by atoms with Gasteiger partial charge < -0.3 is 10.6 Å². The van der Waals surface area contributed by atoms with Crippen molar-refractivity contribution in [1.82, 2.24) is 15.4 Å². The van der Waals surface area contributed by atoms with Crippen molar-refractivity contribution in [2.75, 3.05) is 13.1 Å². The molecule has 1 aliphatic carbocycles. The molecular weight excluding hydrogens is 302 g/mol. The zero-order valence-corrected chi connectivity index (χ0v) is 13.2. The molecule has 0 bridgehead atoms. The van der Waals surface area contributed by atoms with Gasteiger partial charge in [-0.15, -0.1) is 0 Å². The number of hydrogen-bond acceptors (Lipinski definition) is 4. The van der Waals surface area contributed by atoms with Crippen molar-refractivity contribution in [2.45, 2.75) is 42.7 Å². The van der Waals surface area contributed by atoms with Crippen LogP contribution in [0.15, 0.2) is 29.2 Å². The molecule has 1 amide bonds. The second kappa shape index (κ2) is 6.36. The van der Waals surface area contributed by atoms with Crippen molar-refractivity contribution in [2.24, 2.45) is 0 Å². The Kier molecular flexibility index (Phi) is 4.46. The van der Waals surface area contributed by atoms with Crippen molar-refractivity contribution in [3.05, 3.63) is 29.8 Å². The smallest absolute Gasteiger partial charge is 0.251 e. The number of amides is 1. The average Bonchev–Trinajstić information content (AvgIpc) is 3.15. The van der Waals surface area contributed by atoms with E-state index in [9.17, 15) is 13.2 Å². The Labute approximate surface area is 130 Å². The first-order valence-electron chi connectivity index (χ1n) is 7.68. The quantitative estimate of drug-likeness (QED) is 0.716. The zero-order valence-electron chi connectivity index (χ0n) is 12.3. The first-order valence-corrected chi connectivity index (χ1v) is 9.17. The third-order valence-electron chi connectivity index (χ3n) is 4.00. The van der Waals surface area contributed by atoms with Gasteiger partial charge in [0.05, 0.1) is 4.90 Å². The number of benzene rings is 1. The van der Waals surface area contributed by atoms with Gasteiger partial charge in [0.1, 0.15) is 0 Å². The maximum atomic E-state index is 12.0. The maximum Gasteiger partial charge on any atom is 0.251 e. The van der Waals surface area contributed by atoms with Crippen molar-refractivity contribution >= 4 is 15.9 Å². The average molecular weight is 323 g/mol. The molecule has 1 unspecified atom stereocenters. The summed E-state index contributed by atoms with van der Waals surface area (Å²) in [6.45, 7) is 1.60. The Morgan fingerprint density at radius 1 is 1.18 bits per heavy atom. The summed E-state index contributed by atoms with van der Waals surface area (Å²) in [6, 6.07) is 6.48. The molecule has 3 rings (SSSR count). The van der Waals surface area contributed by atoms with Crippen LogP contribution in [0.5, 0.6) is 0 Å². The molecule has 22 heavy (non-hydrogen) atoms. The number of carbonyl (C=O) groups excluding carboxylic acids is 1. The molecule has 3 N–H and O–H groups in total. The van der Waals surface area contributed by atoms with Crippen LogP contribution >= 0.6 is 0 Å². The molecule has 2 aliphatic rings. The van der Waals surface area contributed by atoms with E-state index in [4.69, 9.17) is 0 Å². The normalized spacial score (nSPS) is 21.7. The monoisotopic (exact) mass is 323 g/mol. The highest BCUT2D eigenvalue weighted by atomic mass is 32.2. The SMILES string of the molecule is O=C(NCC1CCCN1)c1ccc(S(=O)(=O)NC2CC2)cc1. The van der Waals surface area contributed by atoms with Crippen molar-refractivity contribution in [3.8, 4) is 0 Å². The van der Waals surface area contributed by atoms with Crippen LogP contribution in [0, 0.1) is 0 Å². The molecule has 1 saturated carbocycles. The fourth-order valence-electron chi connectivity index (χ4n) is 2.52. The standard InChI is InChI=1S/C15H21N3O3S/c19-15(17-10-13-2-1-9-16-13)11-3-7-14(8-4-11)22(20,21)18-12-5-6-12/h3-4,7-8,12-13,16,18H,1-2,5-6,9-10H2,(H,17,19). The molecule has 1 heterocycles. The number of hydrogen-bond donors (Lipinski definition) is 3. The molecule has 6 nitrogen and oxygen atoms in total. The van der Waals surface area contributed by atoms with Gasteiger partial charge in [0.2, 0.25) is 10.0 Å². The Balaban J connectivity index is 1.59. The minimum atomic E-state index is -3.46. The van der Waals surface area contributed by atoms with Crippen molar-refractivity contribution in [1.29, 1.82) is 0 Å². The molecule has 1 saturated heterocycles. The minimum Gasteiger partial charge on any atom is -0.350 e. The third kappa shape index (κ3) is 3.85. The lowest BCUT2D eigenvalue weighted by Gasteiger charge is -2.12. The molecular formula is C15H21N3O3S. The van der Waals surface area contributed by atoms with E-state index >= 15 is 0 Å². The Bertz CT molecular complexity index is 633. The molecule has 2 fully saturated rings. The van der Waals surface area contributed by atoms with Gasteiger partial charge in [0.15, 0.2) is 0 Å². The largest absolute Gasteiger partial charge is 0.350 e. The van der Waals surface area contributed by atoms with Crippen LogP contribution < -0.4 is 15.4 Å². The van der Waals surface area contributed by atoms with E-state index in [1.807, 2.05) is 0 Å². The lowest BCUT2D eigenvalue weighted by molar-refractivity contribution is 0.0950. The zero-order chi connectivity index (χ0) is 15.6. The summed E-state index contributed by atoms with van der Waals surface area (Å²) in [7, 11) is -3.46. The second-order valence-corrected chi connectivity index (χ2v) is 7.64. The number of carbonyl (C=O) groups is 1. The van der Waals surface area contributed by atoms with E-state index in [2.05, 4.69) is 15.4 Å². The van der Waals surface area contributed by atoms with Gasteiger partial charge in [-0.2, -0.15) is 0 Å². The summed E-state index contributed by atoms with van der Waals surface area (Å²) in [4.78, 5) is 12.2. The van der Waals surface area contributed by atoms with Crippen LogP contribution in [-0.4, -0.2) is 39.5 Å². The summed E-state index contributed by atoms with van der Waals surface area (Å²) in [6.07, 6.45) is 4.01. The van der Waals surface area contributed by atoms with Crippen LogP contribution in [0.25, 0.3) is 0 Å². The lowest BCUT2D eigenvalue weighted by atomic mass is 10.2. The second-order valence-electron chi connectivity index (χ2n) is 5.92. The van der Waals surface area contributed by atoms with Gasteiger partial charge in [0, 0.05) is 24.2 Å². The highest BCUT2D eigenvalue weighted by Gasteiger charge is 2.28. The lowest BCUT2D eigenvalue weighted by Crippen LogP contribution is -2.37. The predicted octanol–water partition coefficient (Wildman–Crippen LogP) is 0.609. The van der Waals surface area contributed by atoms with E-state index in [1.54, 1.807) is 12.1 Å². The molecule has 7 heteroatoms. The summed E-state index contributed by atoms with van der Waals surface area (Å²) < 4.78 is 26.7. The molecule has 1 aromatic carbocycles. The molecule has 0 radical (unpaired) electrons. The van der Waals surface area contributed by atoms with Gasteiger partial charge in [0.25, 0.3) is 5.91 Å². The van der Waals surface area contributed by atoms with Crippen LogP contribution in [0.4, 0.5) is 0 Å². The molecule has 1 aliphatic heterocycles. The maximum absolute atomic E-state index is 12.0. The topological polar surface area (TPSA) is 87.3 Å². The number of rotatable bonds is 6. The van der Waals surface area contributed by atoms with E-state index in [1.165, 1.54) is 12.1 Å². The highest BCUT2D eigenvalue weighted by Crippen LogP contribution is 2.22. The van der Waals surface area contributed by atoms with Gasteiger partial charge in [-0.25, -0.2) is 13.1 Å².